The molecule has 2 heterocycles. The molecule has 0 aliphatic heterocycles. The molecule has 0 saturated heterocycles. The van der Waals surface area contributed by atoms with Crippen LogP contribution in [0, 0.1) is 6.92 Å². The summed E-state index contributed by atoms with van der Waals surface area (Å²) in [7, 11) is 0. The van der Waals surface area contributed by atoms with E-state index in [-0.39, 0.29) is 0 Å². The predicted molar refractivity (Wildman–Crippen MR) is 70.5 cm³/mol. The molecule has 0 fully saturated rings. The van der Waals surface area contributed by atoms with Crippen LogP contribution in [0.2, 0.25) is 0 Å². The van der Waals surface area contributed by atoms with E-state index in [0.717, 1.165) is 24.2 Å². The van der Waals surface area contributed by atoms with Gasteiger partial charge in [0.05, 0.1) is 12.0 Å². The van der Waals surface area contributed by atoms with Crippen molar-refractivity contribution in [2.45, 2.75) is 17.0 Å². The molecule has 0 aromatic carbocycles. The summed E-state index contributed by atoms with van der Waals surface area (Å²) in [5.74, 6) is 1.84. The molecule has 0 aliphatic rings. The van der Waals surface area contributed by atoms with Gasteiger partial charge in [0.15, 0.2) is 4.34 Å². The van der Waals surface area contributed by atoms with Crippen molar-refractivity contribution in [3.05, 3.63) is 32.0 Å². The lowest BCUT2D eigenvalue weighted by atomic mass is 10.3. The van der Waals surface area contributed by atoms with Crippen molar-refractivity contribution in [2.24, 2.45) is 0 Å². The lowest BCUT2D eigenvalue weighted by molar-refractivity contribution is 0.528. The smallest absolute Gasteiger partial charge is 0.152 e. The Morgan fingerprint density at radius 2 is 2.33 bits per heavy atom. The van der Waals surface area contributed by atoms with Gasteiger partial charge in [0.2, 0.25) is 0 Å². The second-order valence-electron chi connectivity index (χ2n) is 2.86. The highest BCUT2D eigenvalue weighted by atomic mass is 79.9. The molecule has 0 N–H and O–H groups in total. The van der Waals surface area contributed by atoms with Crippen LogP contribution in [0.5, 0.6) is 0 Å². The summed E-state index contributed by atoms with van der Waals surface area (Å²) in [6, 6.07) is 1.98. The van der Waals surface area contributed by atoms with E-state index < -0.39 is 0 Å². The molecular weight excluding hydrogens is 362 g/mol. The molecule has 6 heteroatoms. The first-order valence-electron chi connectivity index (χ1n) is 4.14. The van der Waals surface area contributed by atoms with E-state index in [2.05, 4.69) is 36.8 Å². The normalized spacial score (nSPS) is 10.9. The average Bonchev–Trinajstić information content (AvgIpc) is 2.72. The van der Waals surface area contributed by atoms with E-state index in [1.165, 1.54) is 5.56 Å². The Morgan fingerprint density at radius 1 is 1.53 bits per heavy atom. The van der Waals surface area contributed by atoms with Gasteiger partial charge in [0.1, 0.15) is 14.1 Å². The molecule has 2 rings (SSSR count). The molecule has 15 heavy (non-hydrogen) atoms. The number of aromatic nitrogens is 1. The number of thioether (sulfide) groups is 1. The molecule has 0 spiro atoms. The quantitative estimate of drug-likeness (QED) is 0.723. The van der Waals surface area contributed by atoms with Crippen LogP contribution in [0.3, 0.4) is 0 Å². The summed E-state index contributed by atoms with van der Waals surface area (Å²) < 4.78 is 8.28. The fourth-order valence-corrected chi connectivity index (χ4v) is 4.32. The second kappa shape index (κ2) is 5.03. The van der Waals surface area contributed by atoms with Gasteiger partial charge in [0.25, 0.3) is 0 Å². The summed E-state index contributed by atoms with van der Waals surface area (Å²) >= 11 is 10.1. The van der Waals surface area contributed by atoms with Gasteiger partial charge in [-0.3, -0.25) is 0 Å². The molecule has 0 amide bonds. The molecule has 80 valence electrons. The van der Waals surface area contributed by atoms with Crippen LogP contribution >= 0.6 is 55.0 Å². The van der Waals surface area contributed by atoms with Crippen LogP contribution in [0.15, 0.2) is 29.5 Å². The maximum Gasteiger partial charge on any atom is 0.152 e. The first-order valence-corrected chi connectivity index (χ1v) is 7.53. The summed E-state index contributed by atoms with van der Waals surface area (Å²) in [5.41, 5.74) is 1.19. The molecule has 0 bridgehead atoms. The van der Waals surface area contributed by atoms with Crippen molar-refractivity contribution >= 4 is 55.0 Å². The van der Waals surface area contributed by atoms with Gasteiger partial charge in [-0.1, -0.05) is 23.1 Å². The third kappa shape index (κ3) is 2.87. The molecule has 2 nitrogen and oxygen atoms in total. The zero-order valence-electron chi connectivity index (χ0n) is 7.79. The van der Waals surface area contributed by atoms with Crippen LogP contribution in [0.25, 0.3) is 0 Å². The zero-order valence-corrected chi connectivity index (χ0v) is 12.6. The SMILES string of the molecule is Cc1ccoc1CSc1nc(Br)c(Br)s1. The Balaban J connectivity index is 2.02. The van der Waals surface area contributed by atoms with E-state index in [9.17, 15) is 0 Å². The number of hydrogen-bond acceptors (Lipinski definition) is 4. The Kier molecular flexibility index (Phi) is 3.93. The molecule has 0 saturated carbocycles. The molecule has 2 aromatic rings. The number of furan rings is 1. The fourth-order valence-electron chi connectivity index (χ4n) is 1.01. The van der Waals surface area contributed by atoms with E-state index in [1.807, 2.05) is 13.0 Å². The third-order valence-corrected chi connectivity index (χ3v) is 6.04. The van der Waals surface area contributed by atoms with E-state index in [4.69, 9.17) is 4.42 Å². The van der Waals surface area contributed by atoms with Gasteiger partial charge in [0, 0.05) is 0 Å². The highest BCUT2D eigenvalue weighted by Gasteiger charge is 2.08. The Labute approximate surface area is 113 Å². The molecule has 0 unspecified atom stereocenters. The highest BCUT2D eigenvalue weighted by Crippen LogP contribution is 2.36. The van der Waals surface area contributed by atoms with Crippen molar-refractivity contribution in [3.8, 4) is 0 Å². The minimum absolute atomic E-state index is 0.825. The summed E-state index contributed by atoms with van der Waals surface area (Å²) in [6.07, 6.45) is 1.72. The Bertz CT molecular complexity index is 447. The van der Waals surface area contributed by atoms with Crippen molar-refractivity contribution in [3.63, 3.8) is 0 Å². The zero-order chi connectivity index (χ0) is 10.8. The van der Waals surface area contributed by atoms with Gasteiger partial charge in [-0.15, -0.1) is 0 Å². The summed E-state index contributed by atoms with van der Waals surface area (Å²) in [6.45, 7) is 2.05. The van der Waals surface area contributed by atoms with Crippen LogP contribution in [0.1, 0.15) is 11.3 Å². The predicted octanol–water partition coefficient (Wildman–Crippen LogP) is 4.86. The van der Waals surface area contributed by atoms with Crippen LogP contribution < -0.4 is 0 Å². The van der Waals surface area contributed by atoms with Crippen LogP contribution in [-0.4, -0.2) is 4.98 Å². The third-order valence-electron chi connectivity index (χ3n) is 1.82. The summed E-state index contributed by atoms with van der Waals surface area (Å²) in [4.78, 5) is 4.35. The monoisotopic (exact) mass is 367 g/mol. The topological polar surface area (TPSA) is 26.0 Å². The standard InChI is InChI=1S/C9H7Br2NOS2/c1-5-2-3-13-6(5)4-14-9-12-7(10)8(11)15-9/h2-3H,4H2,1H3. The summed E-state index contributed by atoms with van der Waals surface area (Å²) in [5, 5.41) is 0. The van der Waals surface area contributed by atoms with Gasteiger partial charge in [-0.25, -0.2) is 4.98 Å². The largest absolute Gasteiger partial charge is 0.468 e. The van der Waals surface area contributed by atoms with Crippen molar-refractivity contribution < 1.29 is 4.42 Å². The molecular formula is C9H7Br2NOS2. The lowest BCUT2D eigenvalue weighted by Gasteiger charge is -1.95. The number of halogens is 2. The minimum Gasteiger partial charge on any atom is -0.468 e. The molecule has 0 atom stereocenters. The average molecular weight is 369 g/mol. The molecule has 0 aliphatic carbocycles. The first-order chi connectivity index (χ1) is 7.16. The van der Waals surface area contributed by atoms with E-state index in [1.54, 1.807) is 29.4 Å². The van der Waals surface area contributed by atoms with Gasteiger partial charge in [-0.05, 0) is 50.4 Å². The Hall–Kier alpha value is 0.220. The number of nitrogens with zero attached hydrogens (tertiary/aromatic N) is 1. The number of thiazole rings is 1. The number of aryl methyl sites for hydroxylation is 1. The van der Waals surface area contributed by atoms with E-state index in [0.29, 0.717) is 0 Å². The number of hydrogen-bond donors (Lipinski definition) is 0. The number of rotatable bonds is 3. The Morgan fingerprint density at radius 3 is 2.87 bits per heavy atom. The minimum atomic E-state index is 0.825. The molecule has 2 aromatic heterocycles. The van der Waals surface area contributed by atoms with Gasteiger partial charge < -0.3 is 4.42 Å². The van der Waals surface area contributed by atoms with Crippen molar-refractivity contribution in [1.29, 1.82) is 0 Å². The first kappa shape index (κ1) is 11.7. The highest BCUT2D eigenvalue weighted by molar-refractivity contribution is 9.13. The van der Waals surface area contributed by atoms with Gasteiger partial charge >= 0.3 is 0 Å². The van der Waals surface area contributed by atoms with Crippen LogP contribution in [-0.2, 0) is 5.75 Å². The van der Waals surface area contributed by atoms with Crippen molar-refractivity contribution in [2.75, 3.05) is 0 Å². The second-order valence-corrected chi connectivity index (χ2v) is 7.15. The maximum atomic E-state index is 5.36. The lowest BCUT2D eigenvalue weighted by Crippen LogP contribution is -1.79. The van der Waals surface area contributed by atoms with Gasteiger partial charge in [-0.2, -0.15) is 0 Å². The van der Waals surface area contributed by atoms with Crippen LogP contribution in [0.4, 0.5) is 0 Å². The van der Waals surface area contributed by atoms with Crippen molar-refractivity contribution in [1.82, 2.24) is 4.98 Å². The van der Waals surface area contributed by atoms with E-state index >= 15 is 0 Å². The maximum absolute atomic E-state index is 5.36. The molecule has 0 radical (unpaired) electrons. The fraction of sp³-hybridized carbons (Fsp3) is 0.222.